The van der Waals surface area contributed by atoms with Crippen molar-refractivity contribution >= 4 is 17.7 Å². The van der Waals surface area contributed by atoms with Crippen molar-refractivity contribution in [2.24, 2.45) is 0 Å². The fraction of sp³-hybridized carbons (Fsp3) is 0.429. The number of rotatable bonds is 2. The number of nitrogens with zero attached hydrogens (tertiary/aromatic N) is 1. The van der Waals surface area contributed by atoms with E-state index >= 15 is 0 Å². The Labute approximate surface area is 111 Å². The van der Waals surface area contributed by atoms with Crippen LogP contribution in [0.4, 0.5) is 10.5 Å². The molecule has 1 aromatic carbocycles. The van der Waals surface area contributed by atoms with Gasteiger partial charge in [-0.1, -0.05) is 6.07 Å². The summed E-state index contributed by atoms with van der Waals surface area (Å²) in [5.41, 5.74) is 1.62. The van der Waals surface area contributed by atoms with Gasteiger partial charge >= 0.3 is 12.1 Å². The number of carbonyl (C=O) groups is 2. The van der Waals surface area contributed by atoms with Crippen LogP contribution < -0.4 is 4.90 Å². The van der Waals surface area contributed by atoms with E-state index in [0.29, 0.717) is 24.2 Å². The Hall–Kier alpha value is -2.04. The topological polar surface area (TPSA) is 66.8 Å². The first-order valence-electron chi connectivity index (χ1n) is 6.34. The molecule has 1 aliphatic heterocycles. The minimum Gasteiger partial charge on any atom is -0.478 e. The first-order chi connectivity index (χ1) is 9.00. The fourth-order valence-electron chi connectivity index (χ4n) is 2.28. The van der Waals surface area contributed by atoms with Gasteiger partial charge in [-0.05, 0) is 44.4 Å². The molecule has 19 heavy (non-hydrogen) atoms. The van der Waals surface area contributed by atoms with E-state index in [1.54, 1.807) is 32.0 Å². The van der Waals surface area contributed by atoms with Gasteiger partial charge < -0.3 is 9.84 Å². The lowest BCUT2D eigenvalue weighted by Gasteiger charge is -2.30. The van der Waals surface area contributed by atoms with Crippen LogP contribution in [0.2, 0.25) is 0 Å². The lowest BCUT2D eigenvalue weighted by Crippen LogP contribution is -2.37. The fourth-order valence-corrected chi connectivity index (χ4v) is 2.28. The number of ether oxygens (including phenoxy) is 1. The minimum absolute atomic E-state index is 0.194. The van der Waals surface area contributed by atoms with Crippen molar-refractivity contribution < 1.29 is 19.4 Å². The Morgan fingerprint density at radius 1 is 1.37 bits per heavy atom. The van der Waals surface area contributed by atoms with E-state index in [0.717, 1.165) is 6.42 Å². The van der Waals surface area contributed by atoms with Crippen LogP contribution in [0.25, 0.3) is 0 Å². The zero-order valence-corrected chi connectivity index (χ0v) is 11.0. The van der Waals surface area contributed by atoms with Crippen LogP contribution in [0.5, 0.6) is 0 Å². The maximum Gasteiger partial charge on any atom is 0.414 e. The summed E-state index contributed by atoms with van der Waals surface area (Å²) in [5, 5.41) is 9.18. The van der Waals surface area contributed by atoms with E-state index in [1.165, 1.54) is 4.90 Å². The molecule has 0 aromatic heterocycles. The molecule has 1 N–H and O–H groups in total. The molecule has 0 saturated heterocycles. The average Bonchev–Trinajstić information content (AvgIpc) is 2.36. The predicted octanol–water partition coefficient (Wildman–Crippen LogP) is 2.68. The molecule has 0 atom stereocenters. The van der Waals surface area contributed by atoms with Gasteiger partial charge in [-0.25, -0.2) is 9.59 Å². The zero-order valence-electron chi connectivity index (χ0n) is 11.0. The Bertz CT molecular complexity index is 510. The molecule has 0 bridgehead atoms. The Morgan fingerprint density at radius 2 is 2.11 bits per heavy atom. The summed E-state index contributed by atoms with van der Waals surface area (Å²) < 4.78 is 5.19. The predicted molar refractivity (Wildman–Crippen MR) is 70.7 cm³/mol. The molecule has 1 amide bonds. The third-order valence-electron chi connectivity index (χ3n) is 3.04. The second kappa shape index (κ2) is 5.30. The molecule has 1 heterocycles. The third kappa shape index (κ3) is 2.70. The van der Waals surface area contributed by atoms with Gasteiger partial charge in [0, 0.05) is 6.54 Å². The van der Waals surface area contributed by atoms with Crippen molar-refractivity contribution in [2.45, 2.75) is 32.8 Å². The second-order valence-electron chi connectivity index (χ2n) is 4.80. The van der Waals surface area contributed by atoms with Crippen molar-refractivity contribution in [1.29, 1.82) is 0 Å². The molecule has 5 nitrogen and oxygen atoms in total. The van der Waals surface area contributed by atoms with Gasteiger partial charge in [-0.3, -0.25) is 4.90 Å². The molecule has 0 unspecified atom stereocenters. The highest BCUT2D eigenvalue weighted by Crippen LogP contribution is 2.30. The van der Waals surface area contributed by atoms with Gasteiger partial charge in [0.1, 0.15) is 0 Å². The molecule has 102 valence electrons. The van der Waals surface area contributed by atoms with Crippen LogP contribution in [0, 0.1) is 0 Å². The standard InChI is InChI=1S/C14H17NO4/c1-9(2)19-14(18)15-8-4-6-10-11(13(16)17)5-3-7-12(10)15/h3,5,7,9H,4,6,8H2,1-2H3,(H,16,17). The highest BCUT2D eigenvalue weighted by atomic mass is 16.6. The van der Waals surface area contributed by atoms with Crippen LogP contribution in [0.3, 0.4) is 0 Å². The number of benzene rings is 1. The van der Waals surface area contributed by atoms with Crippen molar-refractivity contribution in [2.75, 3.05) is 11.4 Å². The summed E-state index contributed by atoms with van der Waals surface area (Å²) in [4.78, 5) is 24.7. The van der Waals surface area contributed by atoms with Crippen molar-refractivity contribution in [3.63, 3.8) is 0 Å². The van der Waals surface area contributed by atoms with E-state index in [9.17, 15) is 14.7 Å². The molecular formula is C14H17NO4. The largest absolute Gasteiger partial charge is 0.478 e. The first kappa shape index (κ1) is 13.4. The molecule has 1 aliphatic rings. The third-order valence-corrected chi connectivity index (χ3v) is 3.04. The van der Waals surface area contributed by atoms with Crippen molar-refractivity contribution in [3.8, 4) is 0 Å². The van der Waals surface area contributed by atoms with Gasteiger partial charge in [0.15, 0.2) is 0 Å². The number of amides is 1. The highest BCUT2D eigenvalue weighted by Gasteiger charge is 2.27. The summed E-state index contributed by atoms with van der Waals surface area (Å²) in [5.74, 6) is -0.962. The van der Waals surface area contributed by atoms with Crippen LogP contribution in [-0.2, 0) is 11.2 Å². The summed E-state index contributed by atoms with van der Waals surface area (Å²) >= 11 is 0. The van der Waals surface area contributed by atoms with E-state index in [1.807, 2.05) is 0 Å². The lowest BCUT2D eigenvalue weighted by molar-refractivity contribution is 0.0695. The first-order valence-corrected chi connectivity index (χ1v) is 6.34. The van der Waals surface area contributed by atoms with E-state index in [2.05, 4.69) is 0 Å². The van der Waals surface area contributed by atoms with E-state index < -0.39 is 12.1 Å². The Balaban J connectivity index is 2.37. The molecule has 0 fully saturated rings. The van der Waals surface area contributed by atoms with Gasteiger partial charge in [-0.2, -0.15) is 0 Å². The maximum absolute atomic E-state index is 12.0. The molecule has 0 radical (unpaired) electrons. The van der Waals surface area contributed by atoms with Gasteiger partial charge in [0.25, 0.3) is 0 Å². The van der Waals surface area contributed by atoms with Gasteiger partial charge in [0.2, 0.25) is 0 Å². The summed E-state index contributed by atoms with van der Waals surface area (Å²) in [6.45, 7) is 4.13. The number of carboxylic acid groups (broad SMARTS) is 1. The lowest BCUT2D eigenvalue weighted by atomic mass is 9.96. The van der Waals surface area contributed by atoms with Crippen LogP contribution in [-0.4, -0.2) is 29.8 Å². The van der Waals surface area contributed by atoms with Crippen LogP contribution in [0.1, 0.15) is 36.2 Å². The molecular weight excluding hydrogens is 246 g/mol. The highest BCUT2D eigenvalue weighted by molar-refractivity contribution is 5.95. The van der Waals surface area contributed by atoms with Gasteiger partial charge in [0.05, 0.1) is 17.4 Å². The van der Waals surface area contributed by atoms with Crippen molar-refractivity contribution in [3.05, 3.63) is 29.3 Å². The number of hydrogen-bond donors (Lipinski definition) is 1. The number of carboxylic acids is 1. The molecule has 0 spiro atoms. The van der Waals surface area contributed by atoms with Crippen molar-refractivity contribution in [1.82, 2.24) is 0 Å². The Kier molecular flexibility index (Phi) is 3.74. The molecule has 2 rings (SSSR count). The van der Waals surface area contributed by atoms with E-state index in [-0.39, 0.29) is 11.7 Å². The quantitative estimate of drug-likeness (QED) is 0.890. The maximum atomic E-state index is 12.0. The summed E-state index contributed by atoms with van der Waals surface area (Å²) in [6, 6.07) is 4.99. The normalized spacial score (nSPS) is 14.2. The SMILES string of the molecule is CC(C)OC(=O)N1CCCc2c(C(=O)O)cccc21. The van der Waals surface area contributed by atoms with Crippen LogP contribution >= 0.6 is 0 Å². The average molecular weight is 263 g/mol. The zero-order chi connectivity index (χ0) is 14.0. The monoisotopic (exact) mass is 263 g/mol. The number of aromatic carboxylic acids is 1. The Morgan fingerprint density at radius 3 is 2.74 bits per heavy atom. The molecule has 1 aromatic rings. The number of anilines is 1. The van der Waals surface area contributed by atoms with E-state index in [4.69, 9.17) is 4.74 Å². The summed E-state index contributed by atoms with van der Waals surface area (Å²) in [7, 11) is 0. The van der Waals surface area contributed by atoms with Crippen LogP contribution in [0.15, 0.2) is 18.2 Å². The smallest absolute Gasteiger partial charge is 0.414 e. The summed E-state index contributed by atoms with van der Waals surface area (Å²) in [6.07, 6.45) is 0.798. The molecule has 5 heteroatoms. The molecule has 0 saturated carbocycles. The number of hydrogen-bond acceptors (Lipinski definition) is 3. The second-order valence-corrected chi connectivity index (χ2v) is 4.80. The minimum atomic E-state index is -0.962. The number of carbonyl (C=O) groups excluding carboxylic acids is 1. The molecule has 0 aliphatic carbocycles. The van der Waals surface area contributed by atoms with Gasteiger partial charge in [-0.15, -0.1) is 0 Å². The number of fused-ring (bicyclic) bond motifs is 1.